The molecule has 0 saturated carbocycles. The number of carboxylic acid groups (broad SMARTS) is 1. The predicted molar refractivity (Wildman–Crippen MR) is 89.4 cm³/mol. The van der Waals surface area contributed by atoms with Gasteiger partial charge in [0.05, 0.1) is 22.2 Å². The fourth-order valence-electron chi connectivity index (χ4n) is 2.47. The predicted octanol–water partition coefficient (Wildman–Crippen LogP) is 2.86. The van der Waals surface area contributed by atoms with E-state index in [1.165, 1.54) is 25.1 Å². The summed E-state index contributed by atoms with van der Waals surface area (Å²) < 4.78 is 40.2. The van der Waals surface area contributed by atoms with Gasteiger partial charge in [-0.2, -0.15) is 5.26 Å². The molecular weight excluding hydrogens is 347 g/mol. The molecule has 0 heterocycles. The maximum absolute atomic E-state index is 13.5. The van der Waals surface area contributed by atoms with Crippen molar-refractivity contribution in [2.75, 3.05) is 10.8 Å². The third kappa shape index (κ3) is 3.61. The van der Waals surface area contributed by atoms with Gasteiger partial charge in [-0.05, 0) is 49.2 Å². The van der Waals surface area contributed by atoms with Crippen LogP contribution in [0.4, 0.5) is 10.1 Å². The van der Waals surface area contributed by atoms with Crippen LogP contribution >= 0.6 is 0 Å². The molecule has 6 nitrogen and oxygen atoms in total. The van der Waals surface area contributed by atoms with Crippen LogP contribution in [0.1, 0.15) is 21.5 Å². The van der Waals surface area contributed by atoms with Crippen LogP contribution in [0, 0.1) is 31.0 Å². The van der Waals surface area contributed by atoms with Crippen molar-refractivity contribution in [3.63, 3.8) is 0 Å². The zero-order valence-corrected chi connectivity index (χ0v) is 14.3. The molecule has 25 heavy (non-hydrogen) atoms. The first-order valence-electron chi connectivity index (χ1n) is 7.18. The summed E-state index contributed by atoms with van der Waals surface area (Å²) in [6.07, 6.45) is 0. The monoisotopic (exact) mass is 362 g/mol. The minimum Gasteiger partial charge on any atom is -0.478 e. The first-order chi connectivity index (χ1) is 11.7. The molecule has 1 N–H and O–H groups in total. The lowest BCUT2D eigenvalue weighted by atomic mass is 10.1. The topological polar surface area (TPSA) is 98.5 Å². The Hall–Kier alpha value is -2.92. The van der Waals surface area contributed by atoms with Crippen LogP contribution in [0.15, 0.2) is 41.3 Å². The number of nitriles is 1. The van der Waals surface area contributed by atoms with E-state index in [1.807, 2.05) is 0 Å². The number of nitrogens with zero attached hydrogens (tertiary/aromatic N) is 2. The van der Waals surface area contributed by atoms with Gasteiger partial charge in [0.2, 0.25) is 0 Å². The number of carbonyl (C=O) groups is 1. The highest BCUT2D eigenvalue weighted by Crippen LogP contribution is 2.28. The van der Waals surface area contributed by atoms with Crippen LogP contribution in [-0.2, 0) is 10.0 Å². The van der Waals surface area contributed by atoms with Crippen LogP contribution in [-0.4, -0.2) is 26.0 Å². The van der Waals surface area contributed by atoms with E-state index in [4.69, 9.17) is 5.26 Å². The van der Waals surface area contributed by atoms with Gasteiger partial charge in [-0.25, -0.2) is 17.6 Å². The van der Waals surface area contributed by atoms with E-state index in [-0.39, 0.29) is 16.1 Å². The van der Waals surface area contributed by atoms with Crippen LogP contribution in [0.5, 0.6) is 0 Å². The van der Waals surface area contributed by atoms with Gasteiger partial charge in [-0.3, -0.25) is 4.31 Å². The average molecular weight is 362 g/mol. The number of aromatic carboxylic acids is 1. The number of carboxylic acids is 1. The normalized spacial score (nSPS) is 11.0. The van der Waals surface area contributed by atoms with Crippen molar-refractivity contribution in [2.45, 2.75) is 18.7 Å². The standard InChI is InChI=1S/C17H15FN2O4S/c1-11-8-12(2)16(10-15(11)17(21)22)25(23,24)20(7-6-19)14-5-3-4-13(18)9-14/h3-5,8-10H,7H2,1-2H3,(H,21,22). The lowest BCUT2D eigenvalue weighted by Gasteiger charge is -2.23. The van der Waals surface area contributed by atoms with E-state index in [2.05, 4.69) is 0 Å². The van der Waals surface area contributed by atoms with Gasteiger partial charge in [-0.1, -0.05) is 12.1 Å². The molecule has 0 fully saturated rings. The minimum atomic E-state index is -4.26. The Morgan fingerprint density at radius 1 is 1.24 bits per heavy atom. The number of aryl methyl sites for hydroxylation is 2. The van der Waals surface area contributed by atoms with E-state index in [1.54, 1.807) is 13.0 Å². The Balaban J connectivity index is 2.68. The van der Waals surface area contributed by atoms with Crippen molar-refractivity contribution in [1.29, 1.82) is 5.26 Å². The maximum Gasteiger partial charge on any atom is 0.335 e. The summed E-state index contributed by atoms with van der Waals surface area (Å²) in [5.74, 6) is -1.91. The third-order valence-electron chi connectivity index (χ3n) is 3.63. The summed E-state index contributed by atoms with van der Waals surface area (Å²) >= 11 is 0. The highest BCUT2D eigenvalue weighted by Gasteiger charge is 2.28. The first-order valence-corrected chi connectivity index (χ1v) is 8.62. The summed E-state index contributed by atoms with van der Waals surface area (Å²) in [6, 6.07) is 9.09. The fourth-order valence-corrected chi connectivity index (χ4v) is 4.06. The van der Waals surface area contributed by atoms with Gasteiger partial charge in [0.25, 0.3) is 10.0 Å². The largest absolute Gasteiger partial charge is 0.478 e. The third-order valence-corrected chi connectivity index (χ3v) is 5.55. The van der Waals surface area contributed by atoms with Gasteiger partial charge in [0.15, 0.2) is 0 Å². The molecule has 0 aliphatic rings. The number of hydrogen-bond acceptors (Lipinski definition) is 4. The van der Waals surface area contributed by atoms with Gasteiger partial charge in [-0.15, -0.1) is 0 Å². The van der Waals surface area contributed by atoms with Crippen LogP contribution < -0.4 is 4.31 Å². The molecule has 0 spiro atoms. The molecule has 2 aromatic carbocycles. The quantitative estimate of drug-likeness (QED) is 0.825. The Morgan fingerprint density at radius 2 is 1.92 bits per heavy atom. The molecule has 0 unspecified atom stereocenters. The summed E-state index contributed by atoms with van der Waals surface area (Å²) in [5.41, 5.74) is 0.585. The SMILES string of the molecule is Cc1cc(C)c(S(=O)(=O)N(CC#N)c2cccc(F)c2)cc1C(=O)O. The molecule has 0 amide bonds. The van der Waals surface area contributed by atoms with Crippen LogP contribution in [0.25, 0.3) is 0 Å². The van der Waals surface area contributed by atoms with Crippen molar-refractivity contribution >= 4 is 21.7 Å². The highest BCUT2D eigenvalue weighted by atomic mass is 32.2. The number of benzene rings is 2. The van der Waals surface area contributed by atoms with Crippen LogP contribution in [0.2, 0.25) is 0 Å². The van der Waals surface area contributed by atoms with E-state index in [0.717, 1.165) is 22.5 Å². The number of hydrogen-bond donors (Lipinski definition) is 1. The molecule has 0 aromatic heterocycles. The molecule has 0 bridgehead atoms. The molecule has 0 aliphatic heterocycles. The second-order valence-corrected chi connectivity index (χ2v) is 7.22. The lowest BCUT2D eigenvalue weighted by molar-refractivity contribution is 0.0696. The molecule has 0 aliphatic carbocycles. The van der Waals surface area contributed by atoms with Gasteiger partial charge >= 0.3 is 5.97 Å². The smallest absolute Gasteiger partial charge is 0.335 e. The van der Waals surface area contributed by atoms with Crippen LogP contribution in [0.3, 0.4) is 0 Å². The minimum absolute atomic E-state index is 0.0154. The summed E-state index contributed by atoms with van der Waals surface area (Å²) in [6.45, 7) is 2.55. The van der Waals surface area contributed by atoms with Crippen molar-refractivity contribution in [2.24, 2.45) is 0 Å². The first kappa shape index (κ1) is 18.4. The van der Waals surface area contributed by atoms with E-state index >= 15 is 0 Å². The van der Waals surface area contributed by atoms with Crippen molar-refractivity contribution < 1.29 is 22.7 Å². The van der Waals surface area contributed by atoms with Crippen molar-refractivity contribution in [3.05, 3.63) is 58.9 Å². The van der Waals surface area contributed by atoms with E-state index < -0.39 is 28.4 Å². The molecule has 8 heteroatoms. The second-order valence-electron chi connectivity index (χ2n) is 5.39. The van der Waals surface area contributed by atoms with Crippen molar-refractivity contribution in [3.8, 4) is 6.07 Å². The summed E-state index contributed by atoms with van der Waals surface area (Å²) in [4.78, 5) is 11.1. The van der Waals surface area contributed by atoms with E-state index in [9.17, 15) is 22.7 Å². The fraction of sp³-hybridized carbons (Fsp3) is 0.176. The molecule has 2 rings (SSSR count). The molecular formula is C17H15FN2O4S. The lowest BCUT2D eigenvalue weighted by Crippen LogP contribution is -2.32. The van der Waals surface area contributed by atoms with Gasteiger partial charge in [0, 0.05) is 0 Å². The Bertz CT molecular complexity index is 981. The summed E-state index contributed by atoms with van der Waals surface area (Å²) in [5, 5.41) is 18.2. The Morgan fingerprint density at radius 3 is 2.48 bits per heavy atom. The zero-order chi connectivity index (χ0) is 18.8. The highest BCUT2D eigenvalue weighted by molar-refractivity contribution is 7.92. The average Bonchev–Trinajstić information content (AvgIpc) is 2.51. The summed E-state index contributed by atoms with van der Waals surface area (Å²) in [7, 11) is -4.26. The Kier molecular flexibility index (Phi) is 5.09. The van der Waals surface area contributed by atoms with E-state index in [0.29, 0.717) is 11.1 Å². The van der Waals surface area contributed by atoms with Gasteiger partial charge in [0.1, 0.15) is 12.4 Å². The van der Waals surface area contributed by atoms with Gasteiger partial charge < -0.3 is 5.11 Å². The Labute approximate surface area is 144 Å². The van der Waals surface area contributed by atoms with Crippen molar-refractivity contribution in [1.82, 2.24) is 0 Å². The molecule has 2 aromatic rings. The maximum atomic E-state index is 13.5. The molecule has 130 valence electrons. The molecule has 0 radical (unpaired) electrons. The number of halogens is 1. The molecule has 0 saturated heterocycles. The number of anilines is 1. The number of sulfonamides is 1. The molecule has 0 atom stereocenters. The second kappa shape index (κ2) is 6.91. The zero-order valence-electron chi connectivity index (χ0n) is 13.5. The number of rotatable bonds is 5.